The van der Waals surface area contributed by atoms with Gasteiger partial charge >= 0.3 is 6.09 Å². The minimum Gasteiger partial charge on any atom is -0.465 e. The molecule has 1 amide bonds. The van der Waals surface area contributed by atoms with Crippen molar-refractivity contribution >= 4 is 16.1 Å². The number of benzene rings is 2. The molecule has 0 bridgehead atoms. The Balaban J connectivity index is 1.58. The summed E-state index contributed by atoms with van der Waals surface area (Å²) >= 11 is 0. The van der Waals surface area contributed by atoms with E-state index < -0.39 is 34.8 Å². The lowest BCUT2D eigenvalue weighted by Gasteiger charge is -2.30. The number of rotatable bonds is 10. The number of sulfonamides is 1. The van der Waals surface area contributed by atoms with E-state index in [1.54, 1.807) is 24.3 Å². The highest BCUT2D eigenvalue weighted by Crippen LogP contribution is 2.35. The summed E-state index contributed by atoms with van der Waals surface area (Å²) in [7, 11) is -4.20. The number of carbonyl (C=O) groups is 1. The fraction of sp³-hybridized carbons (Fsp3) is 0.435. The van der Waals surface area contributed by atoms with Crippen LogP contribution < -0.4 is 14.8 Å². The lowest BCUT2D eigenvalue weighted by molar-refractivity contribution is -0.145. The first-order chi connectivity index (χ1) is 16.3. The molecule has 2 aromatic rings. The van der Waals surface area contributed by atoms with Gasteiger partial charge in [-0.3, -0.25) is 4.84 Å². The van der Waals surface area contributed by atoms with Crippen molar-refractivity contribution in [2.45, 2.75) is 55.2 Å². The Morgan fingerprint density at radius 1 is 1.12 bits per heavy atom. The second-order valence-electron chi connectivity index (χ2n) is 8.33. The van der Waals surface area contributed by atoms with Crippen LogP contribution >= 0.6 is 0 Å². The van der Waals surface area contributed by atoms with Gasteiger partial charge in [0.15, 0.2) is 11.5 Å². The first kappa shape index (κ1) is 24.3. The lowest BCUT2D eigenvalue weighted by Crippen LogP contribution is -2.50. The number of ether oxygens (including phenoxy) is 2. The average molecular weight is 493 g/mol. The molecular formula is C23H28N2O8S. The standard InChI is InChI=1S/C23H28N2O8S/c26-20(19(24-23(27)28)12-16-6-2-1-3-7-16)14-25(33-17-8-4-5-9-17)34(29,30)18-10-11-21-22(13-18)32-15-31-21/h1-3,6-7,10-11,13,17,19-20,24,26H,4-5,8-9,12,14-15H2,(H,27,28). The molecule has 0 aromatic heterocycles. The summed E-state index contributed by atoms with van der Waals surface area (Å²) in [5.74, 6) is 0.743. The fourth-order valence-corrected chi connectivity index (χ4v) is 5.42. The van der Waals surface area contributed by atoms with E-state index in [1.807, 2.05) is 6.07 Å². The Bertz CT molecular complexity index is 1090. The number of hydrogen-bond donors (Lipinski definition) is 3. The van der Waals surface area contributed by atoms with Crippen LogP contribution in [0.5, 0.6) is 11.5 Å². The maximum atomic E-state index is 13.5. The number of fused-ring (bicyclic) bond motifs is 1. The van der Waals surface area contributed by atoms with E-state index in [1.165, 1.54) is 18.2 Å². The summed E-state index contributed by atoms with van der Waals surface area (Å²) in [5.41, 5.74) is 0.794. The first-order valence-electron chi connectivity index (χ1n) is 11.1. The van der Waals surface area contributed by atoms with Crippen LogP contribution in [0.15, 0.2) is 53.4 Å². The van der Waals surface area contributed by atoms with E-state index in [4.69, 9.17) is 14.3 Å². The molecule has 4 rings (SSSR count). The molecule has 34 heavy (non-hydrogen) atoms. The van der Waals surface area contributed by atoms with Crippen molar-refractivity contribution in [3.8, 4) is 11.5 Å². The third kappa shape index (κ3) is 5.79. The van der Waals surface area contributed by atoms with Gasteiger partial charge < -0.3 is 25.0 Å². The van der Waals surface area contributed by atoms with Crippen LogP contribution in [0.3, 0.4) is 0 Å². The molecule has 2 atom stereocenters. The number of aliphatic hydroxyl groups is 1. The lowest BCUT2D eigenvalue weighted by atomic mass is 10.0. The molecule has 3 N–H and O–H groups in total. The van der Waals surface area contributed by atoms with Crippen LogP contribution in [-0.4, -0.2) is 60.8 Å². The van der Waals surface area contributed by atoms with E-state index in [2.05, 4.69) is 5.32 Å². The van der Waals surface area contributed by atoms with E-state index >= 15 is 0 Å². The maximum Gasteiger partial charge on any atom is 0.404 e. The Labute approximate surface area is 198 Å². The van der Waals surface area contributed by atoms with Gasteiger partial charge in [0.2, 0.25) is 6.79 Å². The maximum absolute atomic E-state index is 13.5. The van der Waals surface area contributed by atoms with Gasteiger partial charge in [0.1, 0.15) is 0 Å². The first-order valence-corrected chi connectivity index (χ1v) is 12.6. The number of aliphatic hydroxyl groups excluding tert-OH is 1. The minimum absolute atomic E-state index is 0.00185. The third-order valence-electron chi connectivity index (χ3n) is 5.89. The molecule has 1 heterocycles. The van der Waals surface area contributed by atoms with Gasteiger partial charge in [-0.25, -0.2) is 13.2 Å². The van der Waals surface area contributed by atoms with Gasteiger partial charge in [0, 0.05) is 6.07 Å². The van der Waals surface area contributed by atoms with Gasteiger partial charge in [0.25, 0.3) is 10.0 Å². The average Bonchev–Trinajstić information content (AvgIpc) is 3.50. The molecule has 1 aliphatic heterocycles. The molecule has 0 radical (unpaired) electrons. The summed E-state index contributed by atoms with van der Waals surface area (Å²) < 4.78 is 38.4. The number of hydrogen-bond acceptors (Lipinski definition) is 7. The van der Waals surface area contributed by atoms with E-state index in [9.17, 15) is 23.4 Å². The topological polar surface area (TPSA) is 135 Å². The molecule has 0 spiro atoms. The van der Waals surface area contributed by atoms with Crippen LogP contribution in [-0.2, 0) is 21.3 Å². The van der Waals surface area contributed by atoms with Crippen molar-refractivity contribution in [1.29, 1.82) is 0 Å². The number of carboxylic acid groups (broad SMARTS) is 1. The summed E-state index contributed by atoms with van der Waals surface area (Å²) in [4.78, 5) is 17.2. The molecule has 1 saturated carbocycles. The van der Waals surface area contributed by atoms with Crippen molar-refractivity contribution in [2.24, 2.45) is 0 Å². The summed E-state index contributed by atoms with van der Waals surface area (Å²) in [6, 6.07) is 12.3. The van der Waals surface area contributed by atoms with Crippen molar-refractivity contribution in [3.63, 3.8) is 0 Å². The molecule has 1 aliphatic carbocycles. The largest absolute Gasteiger partial charge is 0.465 e. The van der Waals surface area contributed by atoms with Crippen molar-refractivity contribution in [1.82, 2.24) is 9.79 Å². The summed E-state index contributed by atoms with van der Waals surface area (Å²) in [5, 5.41) is 22.6. The predicted molar refractivity (Wildman–Crippen MR) is 121 cm³/mol. The molecular weight excluding hydrogens is 464 g/mol. The zero-order valence-electron chi connectivity index (χ0n) is 18.5. The summed E-state index contributed by atoms with van der Waals surface area (Å²) in [6.07, 6.45) is 0.411. The summed E-state index contributed by atoms with van der Waals surface area (Å²) in [6.45, 7) is -0.451. The zero-order valence-corrected chi connectivity index (χ0v) is 19.3. The van der Waals surface area contributed by atoms with E-state index in [0.717, 1.165) is 22.9 Å². The van der Waals surface area contributed by atoms with Gasteiger partial charge in [-0.15, -0.1) is 0 Å². The van der Waals surface area contributed by atoms with E-state index in [-0.39, 0.29) is 24.2 Å². The van der Waals surface area contributed by atoms with Gasteiger partial charge in [-0.05, 0) is 37.0 Å². The number of hydroxylamine groups is 1. The molecule has 10 nitrogen and oxygen atoms in total. The SMILES string of the molecule is O=C(O)NC(Cc1ccccc1)C(O)CN(OC1CCCC1)S(=O)(=O)c1ccc2c(c1)OCO2. The number of nitrogens with zero attached hydrogens (tertiary/aromatic N) is 1. The predicted octanol–water partition coefficient (Wildman–Crippen LogP) is 2.52. The second kappa shape index (κ2) is 10.6. The Kier molecular flexibility index (Phi) is 7.57. The Morgan fingerprint density at radius 3 is 2.53 bits per heavy atom. The highest BCUT2D eigenvalue weighted by Gasteiger charge is 2.35. The van der Waals surface area contributed by atoms with Crippen molar-refractivity contribution < 1.29 is 37.7 Å². The van der Waals surface area contributed by atoms with Crippen LogP contribution in [0.1, 0.15) is 31.2 Å². The van der Waals surface area contributed by atoms with E-state index in [0.29, 0.717) is 24.3 Å². The van der Waals surface area contributed by atoms with Crippen LogP contribution in [0.25, 0.3) is 0 Å². The normalized spacial score (nSPS) is 17.6. The highest BCUT2D eigenvalue weighted by molar-refractivity contribution is 7.89. The quantitative estimate of drug-likeness (QED) is 0.431. The fourth-order valence-electron chi connectivity index (χ4n) is 4.10. The Morgan fingerprint density at radius 2 is 1.82 bits per heavy atom. The zero-order chi connectivity index (χ0) is 24.1. The number of nitrogens with one attached hydrogen (secondary N) is 1. The minimum atomic E-state index is -4.20. The monoisotopic (exact) mass is 492 g/mol. The van der Waals surface area contributed by atoms with Gasteiger partial charge in [0.05, 0.1) is 29.7 Å². The van der Waals surface area contributed by atoms with Crippen molar-refractivity contribution in [2.75, 3.05) is 13.3 Å². The smallest absolute Gasteiger partial charge is 0.404 e. The molecule has 0 saturated heterocycles. The molecule has 1 fully saturated rings. The second-order valence-corrected chi connectivity index (χ2v) is 10.2. The van der Waals surface area contributed by atoms with Crippen molar-refractivity contribution in [3.05, 3.63) is 54.1 Å². The van der Waals surface area contributed by atoms with Gasteiger partial charge in [-0.2, -0.15) is 0 Å². The van der Waals surface area contributed by atoms with Crippen LogP contribution in [0, 0.1) is 0 Å². The molecule has 2 aliphatic rings. The molecule has 184 valence electrons. The third-order valence-corrected chi connectivity index (χ3v) is 7.51. The Hall–Kier alpha value is -2.86. The highest BCUT2D eigenvalue weighted by atomic mass is 32.2. The molecule has 2 unspecified atom stereocenters. The van der Waals surface area contributed by atoms with Crippen LogP contribution in [0.2, 0.25) is 0 Å². The molecule has 11 heteroatoms. The van der Waals surface area contributed by atoms with Crippen LogP contribution in [0.4, 0.5) is 4.79 Å². The molecule has 2 aromatic carbocycles. The number of amides is 1. The van der Waals surface area contributed by atoms with Gasteiger partial charge in [-0.1, -0.05) is 47.6 Å².